The van der Waals surface area contributed by atoms with Gasteiger partial charge in [-0.2, -0.15) is 0 Å². The monoisotopic (exact) mass is 398 g/mol. The third-order valence-electron chi connectivity index (χ3n) is 4.40. The second-order valence-electron chi connectivity index (χ2n) is 7.06. The van der Waals surface area contributed by atoms with Crippen LogP contribution in [0, 0.1) is 0 Å². The number of rotatable bonds is 7. The Kier molecular flexibility index (Phi) is 7.58. The van der Waals surface area contributed by atoms with E-state index in [1.165, 1.54) is 0 Å². The van der Waals surface area contributed by atoms with Gasteiger partial charge in [0.1, 0.15) is 12.4 Å². The second-order valence-corrected chi connectivity index (χ2v) is 7.06. The minimum absolute atomic E-state index is 0.634. The fourth-order valence-corrected chi connectivity index (χ4v) is 2.83. The molecular weight excluding hydrogens is 368 g/mol. The molecule has 0 atom stereocenters. The number of hydrogen-bond acceptors (Lipinski definition) is 5. The molecule has 0 aromatic heterocycles. The van der Waals surface area contributed by atoms with Crippen LogP contribution < -0.4 is 24.8 Å². The maximum atomic E-state index is 5.81. The van der Waals surface area contributed by atoms with Gasteiger partial charge in [-0.15, -0.1) is 0 Å². The highest BCUT2D eigenvalue weighted by atomic mass is 16.5. The number of anilines is 1. The van der Waals surface area contributed by atoms with E-state index in [1.807, 2.05) is 50.5 Å². The molecule has 0 unspecified atom stereocenters. The van der Waals surface area contributed by atoms with Crippen molar-refractivity contribution in [2.24, 2.45) is 4.99 Å². The summed E-state index contributed by atoms with van der Waals surface area (Å²) in [5.41, 5.74) is 2.01. The van der Waals surface area contributed by atoms with Crippen LogP contribution in [0.2, 0.25) is 0 Å². The van der Waals surface area contributed by atoms with Crippen LogP contribution in [0.5, 0.6) is 17.2 Å². The SMILES string of the molecule is CN=C(NCc1cccc(OCCN(C)C)c1)Nc1ccc2c(c1)OCCCO2. The highest BCUT2D eigenvalue weighted by Crippen LogP contribution is 2.32. The Bertz CT molecular complexity index is 823. The third kappa shape index (κ3) is 6.57. The molecule has 1 aliphatic heterocycles. The van der Waals surface area contributed by atoms with Gasteiger partial charge < -0.3 is 29.7 Å². The van der Waals surface area contributed by atoms with E-state index < -0.39 is 0 Å². The van der Waals surface area contributed by atoms with E-state index >= 15 is 0 Å². The number of nitrogens with zero attached hydrogens (tertiary/aromatic N) is 2. The first-order valence-electron chi connectivity index (χ1n) is 9.88. The molecule has 0 radical (unpaired) electrons. The van der Waals surface area contributed by atoms with E-state index in [-0.39, 0.29) is 0 Å². The number of fused-ring (bicyclic) bond motifs is 1. The van der Waals surface area contributed by atoms with Gasteiger partial charge in [-0.05, 0) is 43.9 Å². The zero-order valence-corrected chi connectivity index (χ0v) is 17.4. The summed E-state index contributed by atoms with van der Waals surface area (Å²) in [6, 6.07) is 13.9. The first-order chi connectivity index (χ1) is 14.1. The van der Waals surface area contributed by atoms with Gasteiger partial charge in [-0.3, -0.25) is 4.99 Å². The maximum absolute atomic E-state index is 5.81. The van der Waals surface area contributed by atoms with Gasteiger partial charge in [0.05, 0.1) is 13.2 Å². The molecule has 1 heterocycles. The maximum Gasteiger partial charge on any atom is 0.195 e. The van der Waals surface area contributed by atoms with Crippen LogP contribution in [0.3, 0.4) is 0 Å². The lowest BCUT2D eigenvalue weighted by Gasteiger charge is -2.15. The zero-order chi connectivity index (χ0) is 20.5. The molecule has 7 nitrogen and oxygen atoms in total. The van der Waals surface area contributed by atoms with Crippen LogP contribution in [-0.2, 0) is 6.54 Å². The molecule has 2 N–H and O–H groups in total. The van der Waals surface area contributed by atoms with Crippen LogP contribution in [0.1, 0.15) is 12.0 Å². The molecular formula is C22H30N4O3. The number of benzene rings is 2. The molecule has 0 saturated carbocycles. The quantitative estimate of drug-likeness (QED) is 0.552. The topological polar surface area (TPSA) is 67.4 Å². The summed E-state index contributed by atoms with van der Waals surface area (Å²) in [4.78, 5) is 6.40. The minimum atomic E-state index is 0.634. The molecule has 1 aliphatic rings. The van der Waals surface area contributed by atoms with Gasteiger partial charge in [0.25, 0.3) is 0 Å². The molecule has 0 fully saturated rings. The van der Waals surface area contributed by atoms with E-state index in [0.29, 0.717) is 32.3 Å². The van der Waals surface area contributed by atoms with Gasteiger partial charge in [0.15, 0.2) is 17.5 Å². The van der Waals surface area contributed by atoms with Gasteiger partial charge in [0, 0.05) is 38.3 Å². The van der Waals surface area contributed by atoms with Crippen molar-refractivity contribution < 1.29 is 14.2 Å². The molecule has 7 heteroatoms. The fourth-order valence-electron chi connectivity index (χ4n) is 2.83. The summed E-state index contributed by atoms with van der Waals surface area (Å²) in [5.74, 6) is 3.09. The average Bonchev–Trinajstić information content (AvgIpc) is 2.96. The van der Waals surface area contributed by atoms with E-state index in [2.05, 4.69) is 26.6 Å². The predicted octanol–water partition coefficient (Wildman–Crippen LogP) is 2.98. The van der Waals surface area contributed by atoms with Crippen molar-refractivity contribution >= 4 is 11.6 Å². The Morgan fingerprint density at radius 2 is 1.93 bits per heavy atom. The van der Waals surface area contributed by atoms with Crippen molar-refractivity contribution in [3.05, 3.63) is 48.0 Å². The molecule has 2 aromatic carbocycles. The number of aliphatic imine (C=N–C) groups is 1. The Morgan fingerprint density at radius 3 is 2.72 bits per heavy atom. The van der Waals surface area contributed by atoms with Gasteiger partial charge >= 0.3 is 0 Å². The molecule has 29 heavy (non-hydrogen) atoms. The van der Waals surface area contributed by atoms with Crippen LogP contribution in [0.15, 0.2) is 47.5 Å². The summed E-state index contributed by atoms with van der Waals surface area (Å²) in [6.07, 6.45) is 0.887. The van der Waals surface area contributed by atoms with Crippen molar-refractivity contribution in [1.82, 2.24) is 10.2 Å². The standard InChI is InChI=1S/C22H30N4O3/c1-23-22(25-18-8-9-20-21(15-18)29-12-5-11-28-20)24-16-17-6-4-7-19(14-17)27-13-10-26(2)3/h4,6-9,14-15H,5,10-13,16H2,1-3H3,(H2,23,24,25). The molecule has 156 valence electrons. The Balaban J connectivity index is 1.55. The summed E-state index contributed by atoms with van der Waals surface area (Å²) in [7, 11) is 5.82. The van der Waals surface area contributed by atoms with Crippen molar-refractivity contribution in [1.29, 1.82) is 0 Å². The van der Waals surface area contributed by atoms with Gasteiger partial charge in [0.2, 0.25) is 0 Å². The molecule has 0 amide bonds. The van der Waals surface area contributed by atoms with E-state index in [1.54, 1.807) is 7.05 Å². The number of likely N-dealkylation sites (N-methyl/N-ethyl adjacent to an activating group) is 1. The number of hydrogen-bond donors (Lipinski definition) is 2. The highest BCUT2D eigenvalue weighted by Gasteiger charge is 2.11. The molecule has 0 bridgehead atoms. The molecule has 0 spiro atoms. The molecule has 2 aromatic rings. The fraction of sp³-hybridized carbons (Fsp3) is 0.409. The zero-order valence-electron chi connectivity index (χ0n) is 17.4. The van der Waals surface area contributed by atoms with E-state index in [0.717, 1.165) is 41.5 Å². The van der Waals surface area contributed by atoms with Crippen molar-refractivity contribution in [3.63, 3.8) is 0 Å². The Hall–Kier alpha value is -2.93. The minimum Gasteiger partial charge on any atom is -0.492 e. The van der Waals surface area contributed by atoms with Crippen LogP contribution in [-0.4, -0.2) is 58.4 Å². The van der Waals surface area contributed by atoms with Gasteiger partial charge in [-0.1, -0.05) is 12.1 Å². The van der Waals surface area contributed by atoms with E-state index in [9.17, 15) is 0 Å². The number of nitrogens with one attached hydrogen (secondary N) is 2. The summed E-state index contributed by atoms with van der Waals surface area (Å²) < 4.78 is 17.2. The third-order valence-corrected chi connectivity index (χ3v) is 4.40. The van der Waals surface area contributed by atoms with E-state index in [4.69, 9.17) is 14.2 Å². The number of ether oxygens (including phenoxy) is 3. The molecule has 0 aliphatic carbocycles. The van der Waals surface area contributed by atoms with Crippen LogP contribution >= 0.6 is 0 Å². The van der Waals surface area contributed by atoms with Crippen LogP contribution in [0.4, 0.5) is 5.69 Å². The summed E-state index contributed by atoms with van der Waals surface area (Å²) in [6.45, 7) is 3.53. The lowest BCUT2D eigenvalue weighted by molar-refractivity contribution is 0.261. The lowest BCUT2D eigenvalue weighted by Crippen LogP contribution is -2.30. The summed E-state index contributed by atoms with van der Waals surface area (Å²) in [5, 5.41) is 6.63. The normalized spacial score (nSPS) is 13.7. The van der Waals surface area contributed by atoms with Gasteiger partial charge in [-0.25, -0.2) is 0 Å². The van der Waals surface area contributed by atoms with Crippen molar-refractivity contribution in [2.45, 2.75) is 13.0 Å². The number of guanidine groups is 1. The second kappa shape index (κ2) is 10.6. The average molecular weight is 399 g/mol. The Labute approximate surface area is 172 Å². The lowest BCUT2D eigenvalue weighted by atomic mass is 10.2. The smallest absolute Gasteiger partial charge is 0.195 e. The highest BCUT2D eigenvalue weighted by molar-refractivity contribution is 5.93. The molecule has 0 saturated heterocycles. The molecule has 3 rings (SSSR count). The van der Waals surface area contributed by atoms with Crippen LogP contribution in [0.25, 0.3) is 0 Å². The van der Waals surface area contributed by atoms with Crippen molar-refractivity contribution in [3.8, 4) is 17.2 Å². The largest absolute Gasteiger partial charge is 0.492 e. The predicted molar refractivity (Wildman–Crippen MR) is 116 cm³/mol. The summed E-state index contributed by atoms with van der Waals surface area (Å²) >= 11 is 0. The first kappa shape index (κ1) is 20.8. The first-order valence-corrected chi connectivity index (χ1v) is 9.88. The van der Waals surface area contributed by atoms with Crippen molar-refractivity contribution in [2.75, 3.05) is 52.8 Å². The Morgan fingerprint density at radius 1 is 1.10 bits per heavy atom.